The zero-order valence-corrected chi connectivity index (χ0v) is 18.3. The number of carbonyl (C=O) groups excluding carboxylic acids is 2. The number of hydrogen-bond donors (Lipinski definition) is 1. The fourth-order valence-corrected chi connectivity index (χ4v) is 2.92. The highest BCUT2D eigenvalue weighted by Gasteiger charge is 2.19. The molecule has 0 saturated carbocycles. The summed E-state index contributed by atoms with van der Waals surface area (Å²) in [6, 6.07) is 18.9. The molecule has 0 aromatic heterocycles. The molecule has 0 bridgehead atoms. The van der Waals surface area contributed by atoms with Gasteiger partial charge in [0.05, 0.1) is 23.7 Å². The molecule has 3 rings (SSSR count). The summed E-state index contributed by atoms with van der Waals surface area (Å²) >= 11 is 0. The van der Waals surface area contributed by atoms with Gasteiger partial charge in [-0.2, -0.15) is 5.26 Å². The van der Waals surface area contributed by atoms with Crippen molar-refractivity contribution in [1.82, 2.24) is 0 Å². The molecule has 0 radical (unpaired) electrons. The molecule has 1 amide bonds. The molecule has 3 aromatic rings. The van der Waals surface area contributed by atoms with Crippen LogP contribution in [0, 0.1) is 28.4 Å². The number of esters is 1. The average molecular weight is 457 g/mol. The van der Waals surface area contributed by atoms with Crippen LogP contribution in [0.15, 0.2) is 72.3 Å². The molecule has 0 spiro atoms. The Morgan fingerprint density at radius 1 is 1.06 bits per heavy atom. The molecule has 34 heavy (non-hydrogen) atoms. The number of aryl methyl sites for hydroxylation is 1. The fourth-order valence-electron chi connectivity index (χ4n) is 2.92. The van der Waals surface area contributed by atoms with Crippen molar-refractivity contribution in [3.05, 3.63) is 99.1 Å². The Morgan fingerprint density at radius 2 is 1.79 bits per heavy atom. The van der Waals surface area contributed by atoms with Crippen LogP contribution in [0.1, 0.15) is 21.5 Å². The molecule has 9 heteroatoms. The first-order chi connectivity index (χ1) is 16.3. The van der Waals surface area contributed by atoms with E-state index in [1.807, 2.05) is 6.92 Å². The van der Waals surface area contributed by atoms with Crippen LogP contribution in [0.4, 0.5) is 11.4 Å². The molecule has 0 aliphatic heterocycles. The quantitative estimate of drug-likeness (QED) is 0.136. The lowest BCUT2D eigenvalue weighted by Crippen LogP contribution is -2.14. The lowest BCUT2D eigenvalue weighted by Gasteiger charge is -2.08. The maximum Gasteiger partial charge on any atom is 0.343 e. The Kier molecular flexibility index (Phi) is 7.36. The number of hydrogen-bond acceptors (Lipinski definition) is 7. The Morgan fingerprint density at radius 3 is 2.44 bits per heavy atom. The van der Waals surface area contributed by atoms with Crippen LogP contribution in [0.3, 0.4) is 0 Å². The Bertz CT molecular complexity index is 1320. The van der Waals surface area contributed by atoms with Crippen molar-refractivity contribution >= 4 is 29.3 Å². The Balaban J connectivity index is 1.80. The molecule has 3 aromatic carbocycles. The molecule has 0 heterocycles. The van der Waals surface area contributed by atoms with E-state index < -0.39 is 16.8 Å². The summed E-state index contributed by atoms with van der Waals surface area (Å²) in [4.78, 5) is 35.6. The summed E-state index contributed by atoms with van der Waals surface area (Å²) < 4.78 is 10.3. The van der Waals surface area contributed by atoms with Gasteiger partial charge in [-0.15, -0.1) is 0 Å². The Labute approximate surface area is 195 Å². The molecule has 0 unspecified atom stereocenters. The average Bonchev–Trinajstić information content (AvgIpc) is 2.83. The first-order valence-corrected chi connectivity index (χ1v) is 9.95. The summed E-state index contributed by atoms with van der Waals surface area (Å²) in [5, 5.41) is 23.2. The third kappa shape index (κ3) is 5.83. The maximum absolute atomic E-state index is 12.6. The van der Waals surface area contributed by atoms with Crippen LogP contribution in [-0.2, 0) is 4.79 Å². The normalized spacial score (nSPS) is 10.7. The second-order valence-electron chi connectivity index (χ2n) is 7.09. The van der Waals surface area contributed by atoms with Crippen LogP contribution in [0.2, 0.25) is 0 Å². The first-order valence-electron chi connectivity index (χ1n) is 9.95. The molecule has 0 saturated heterocycles. The summed E-state index contributed by atoms with van der Waals surface area (Å²) in [5.41, 5.74) is 1.04. The van der Waals surface area contributed by atoms with Crippen molar-refractivity contribution in [2.24, 2.45) is 0 Å². The molecule has 170 valence electrons. The smallest absolute Gasteiger partial charge is 0.343 e. The highest BCUT2D eigenvalue weighted by molar-refractivity contribution is 6.10. The van der Waals surface area contributed by atoms with E-state index in [-0.39, 0.29) is 28.4 Å². The highest BCUT2D eigenvalue weighted by Crippen LogP contribution is 2.29. The van der Waals surface area contributed by atoms with E-state index in [0.29, 0.717) is 11.1 Å². The zero-order valence-electron chi connectivity index (χ0n) is 18.3. The molecule has 0 aliphatic rings. The summed E-state index contributed by atoms with van der Waals surface area (Å²) in [6.07, 6.45) is 1.29. The van der Waals surface area contributed by atoms with Gasteiger partial charge in [-0.1, -0.05) is 29.8 Å². The number of amides is 1. The number of ether oxygens (including phenoxy) is 2. The zero-order chi connectivity index (χ0) is 24.7. The van der Waals surface area contributed by atoms with Gasteiger partial charge in [0.1, 0.15) is 28.8 Å². The summed E-state index contributed by atoms with van der Waals surface area (Å²) in [7, 11) is 1.36. The second kappa shape index (κ2) is 10.6. The van der Waals surface area contributed by atoms with Gasteiger partial charge in [0, 0.05) is 0 Å². The van der Waals surface area contributed by atoms with Gasteiger partial charge in [0.25, 0.3) is 11.6 Å². The minimum atomic E-state index is -0.835. The molecule has 1 N–H and O–H groups in total. The summed E-state index contributed by atoms with van der Waals surface area (Å²) in [6.45, 7) is 1.90. The third-order valence-corrected chi connectivity index (χ3v) is 4.68. The predicted molar refractivity (Wildman–Crippen MR) is 124 cm³/mol. The second-order valence-corrected chi connectivity index (χ2v) is 7.09. The number of anilines is 1. The number of nitro groups is 1. The van der Waals surface area contributed by atoms with Gasteiger partial charge in [0.2, 0.25) is 0 Å². The number of nitriles is 1. The number of nitrogens with one attached hydrogen (secondary N) is 1. The van der Waals surface area contributed by atoms with E-state index in [9.17, 15) is 25.0 Å². The van der Waals surface area contributed by atoms with E-state index in [1.165, 1.54) is 31.4 Å². The van der Waals surface area contributed by atoms with Crippen LogP contribution < -0.4 is 14.8 Å². The number of nitrogens with zero attached hydrogens (tertiary/aromatic N) is 2. The SMILES string of the molecule is COc1ccc(NC(=O)/C(C#N)=C/c2cccc(OC(=O)c3ccc(C)cc3)c2)c([N+](=O)[O-])c1. The van der Waals surface area contributed by atoms with Gasteiger partial charge in [-0.25, -0.2) is 4.79 Å². The van der Waals surface area contributed by atoms with Crippen LogP contribution in [0.25, 0.3) is 6.08 Å². The van der Waals surface area contributed by atoms with Crippen molar-refractivity contribution in [3.8, 4) is 17.6 Å². The monoisotopic (exact) mass is 457 g/mol. The van der Waals surface area contributed by atoms with Crippen molar-refractivity contribution < 1.29 is 24.0 Å². The van der Waals surface area contributed by atoms with Gasteiger partial charge in [-0.3, -0.25) is 14.9 Å². The van der Waals surface area contributed by atoms with E-state index in [0.717, 1.165) is 11.6 Å². The number of rotatable bonds is 7. The molecule has 0 aliphatic carbocycles. The van der Waals surface area contributed by atoms with E-state index >= 15 is 0 Å². The first kappa shape index (κ1) is 23.7. The van der Waals surface area contributed by atoms with E-state index in [1.54, 1.807) is 48.5 Å². The molecule has 0 fully saturated rings. The van der Waals surface area contributed by atoms with Crippen molar-refractivity contribution in [1.29, 1.82) is 5.26 Å². The van der Waals surface area contributed by atoms with Gasteiger partial charge in [-0.05, 0) is 55.0 Å². The van der Waals surface area contributed by atoms with E-state index in [4.69, 9.17) is 9.47 Å². The van der Waals surface area contributed by atoms with Gasteiger partial charge < -0.3 is 14.8 Å². The van der Waals surface area contributed by atoms with Crippen LogP contribution in [-0.4, -0.2) is 23.9 Å². The van der Waals surface area contributed by atoms with E-state index in [2.05, 4.69) is 5.32 Å². The number of methoxy groups -OCH3 is 1. The number of carbonyl (C=O) groups is 2. The minimum Gasteiger partial charge on any atom is -0.496 e. The largest absolute Gasteiger partial charge is 0.496 e. The standard InChI is InChI=1S/C25H19N3O6/c1-16-6-8-18(9-7-16)25(30)34-21-5-3-4-17(13-21)12-19(15-26)24(29)27-22-11-10-20(33-2)14-23(22)28(31)32/h3-14H,1-2H3,(H,27,29)/b19-12+. The maximum atomic E-state index is 12.6. The number of benzene rings is 3. The minimum absolute atomic E-state index is 0.0854. The number of nitro benzene ring substituents is 1. The predicted octanol–water partition coefficient (Wildman–Crippen LogP) is 4.68. The summed E-state index contributed by atoms with van der Waals surface area (Å²) in [5.74, 6) is -0.912. The lowest BCUT2D eigenvalue weighted by atomic mass is 10.1. The van der Waals surface area contributed by atoms with Gasteiger partial charge >= 0.3 is 5.97 Å². The molecule has 9 nitrogen and oxygen atoms in total. The topological polar surface area (TPSA) is 132 Å². The third-order valence-electron chi connectivity index (χ3n) is 4.68. The van der Waals surface area contributed by atoms with Crippen molar-refractivity contribution in [3.63, 3.8) is 0 Å². The lowest BCUT2D eigenvalue weighted by molar-refractivity contribution is -0.384. The van der Waals surface area contributed by atoms with Gasteiger partial charge in [0.15, 0.2) is 0 Å². The van der Waals surface area contributed by atoms with Crippen LogP contribution in [0.5, 0.6) is 11.5 Å². The molecular formula is C25H19N3O6. The molecule has 0 atom stereocenters. The molecular weight excluding hydrogens is 438 g/mol. The van der Waals surface area contributed by atoms with Crippen LogP contribution >= 0.6 is 0 Å². The fraction of sp³-hybridized carbons (Fsp3) is 0.0800. The highest BCUT2D eigenvalue weighted by atomic mass is 16.6. The van der Waals surface area contributed by atoms with Crippen molar-refractivity contribution in [2.45, 2.75) is 6.92 Å². The Hall–Kier alpha value is -4.97. The van der Waals surface area contributed by atoms with Crippen molar-refractivity contribution in [2.75, 3.05) is 12.4 Å².